The van der Waals surface area contributed by atoms with Crippen molar-refractivity contribution in [3.8, 4) is 0 Å². The largest absolute Gasteiger partial charge is 0.323 e. The second-order valence-corrected chi connectivity index (χ2v) is 6.65. The first kappa shape index (κ1) is 15.5. The lowest BCUT2D eigenvalue weighted by Gasteiger charge is -2.36. The van der Waals surface area contributed by atoms with Gasteiger partial charge in [0.15, 0.2) is 0 Å². The summed E-state index contributed by atoms with van der Waals surface area (Å²) in [7, 11) is 4.43. The Hall–Kier alpha value is -1.42. The fraction of sp³-hybridized carbons (Fsp3) is 0.474. The van der Waals surface area contributed by atoms with Crippen LogP contribution in [0.4, 0.5) is 0 Å². The molecule has 2 aromatic carbocycles. The molecular formula is C19H27N3. The van der Waals surface area contributed by atoms with Crippen LogP contribution in [0, 0.1) is 0 Å². The second kappa shape index (κ2) is 6.78. The minimum absolute atomic E-state index is 0.0655. The van der Waals surface area contributed by atoms with Crippen LogP contribution in [0.2, 0.25) is 0 Å². The normalized spacial score (nSPS) is 18.9. The smallest absolute Gasteiger partial charge is 0.0430 e. The Morgan fingerprint density at radius 1 is 1.14 bits per heavy atom. The van der Waals surface area contributed by atoms with Crippen molar-refractivity contribution < 1.29 is 0 Å². The van der Waals surface area contributed by atoms with Crippen LogP contribution in [0.15, 0.2) is 42.5 Å². The molecule has 0 aromatic heterocycles. The molecule has 0 amide bonds. The summed E-state index contributed by atoms with van der Waals surface area (Å²) < 4.78 is 0. The van der Waals surface area contributed by atoms with E-state index in [0.717, 1.165) is 6.54 Å². The number of benzene rings is 2. The molecule has 2 N–H and O–H groups in total. The maximum atomic E-state index is 6.54. The molecule has 1 aliphatic heterocycles. The van der Waals surface area contributed by atoms with E-state index >= 15 is 0 Å². The van der Waals surface area contributed by atoms with Crippen LogP contribution in [0.25, 0.3) is 10.8 Å². The van der Waals surface area contributed by atoms with E-state index in [4.69, 9.17) is 5.73 Å². The van der Waals surface area contributed by atoms with Crippen molar-refractivity contribution in [2.24, 2.45) is 5.73 Å². The zero-order chi connectivity index (χ0) is 15.5. The summed E-state index contributed by atoms with van der Waals surface area (Å²) in [5.74, 6) is 0. The van der Waals surface area contributed by atoms with Gasteiger partial charge in [-0.05, 0) is 56.4 Å². The molecule has 22 heavy (non-hydrogen) atoms. The molecule has 1 fully saturated rings. The van der Waals surface area contributed by atoms with Crippen molar-refractivity contribution in [2.75, 3.05) is 33.7 Å². The third kappa shape index (κ3) is 3.32. The summed E-state index contributed by atoms with van der Waals surface area (Å²) in [6, 6.07) is 15.7. The minimum atomic E-state index is 0.0655. The van der Waals surface area contributed by atoms with Crippen LogP contribution in [-0.4, -0.2) is 49.6 Å². The predicted octanol–water partition coefficient (Wildman–Crippen LogP) is 2.87. The SMILES string of the molecule is CN1CCC(N(C)CC(N)c2cccc3ccccc23)CC1. The van der Waals surface area contributed by atoms with Crippen molar-refractivity contribution >= 4 is 10.8 Å². The van der Waals surface area contributed by atoms with E-state index in [1.54, 1.807) is 0 Å². The molecule has 1 unspecified atom stereocenters. The fourth-order valence-corrected chi connectivity index (χ4v) is 3.57. The topological polar surface area (TPSA) is 32.5 Å². The van der Waals surface area contributed by atoms with Gasteiger partial charge in [-0.3, -0.25) is 0 Å². The minimum Gasteiger partial charge on any atom is -0.323 e. The number of piperidine rings is 1. The lowest BCUT2D eigenvalue weighted by atomic mass is 9.97. The van der Waals surface area contributed by atoms with Crippen molar-refractivity contribution in [1.29, 1.82) is 0 Å². The van der Waals surface area contributed by atoms with Crippen LogP contribution in [0.3, 0.4) is 0 Å². The lowest BCUT2D eigenvalue weighted by molar-refractivity contribution is 0.139. The summed E-state index contributed by atoms with van der Waals surface area (Å²) in [4.78, 5) is 4.87. The maximum Gasteiger partial charge on any atom is 0.0430 e. The molecule has 3 heteroatoms. The van der Waals surface area contributed by atoms with Crippen molar-refractivity contribution in [1.82, 2.24) is 9.80 Å². The first-order valence-corrected chi connectivity index (χ1v) is 8.27. The summed E-state index contributed by atoms with van der Waals surface area (Å²) in [6.07, 6.45) is 2.49. The van der Waals surface area contributed by atoms with E-state index in [2.05, 4.69) is 66.4 Å². The van der Waals surface area contributed by atoms with Gasteiger partial charge in [0.2, 0.25) is 0 Å². The van der Waals surface area contributed by atoms with Crippen molar-refractivity contribution in [2.45, 2.75) is 24.9 Å². The van der Waals surface area contributed by atoms with Gasteiger partial charge in [-0.2, -0.15) is 0 Å². The molecule has 2 aromatic rings. The van der Waals surface area contributed by atoms with Gasteiger partial charge in [-0.1, -0.05) is 42.5 Å². The molecule has 1 heterocycles. The van der Waals surface area contributed by atoms with Crippen LogP contribution in [0.1, 0.15) is 24.4 Å². The number of hydrogen-bond donors (Lipinski definition) is 1. The molecule has 0 radical (unpaired) electrons. The highest BCUT2D eigenvalue weighted by Gasteiger charge is 2.22. The van der Waals surface area contributed by atoms with E-state index in [1.165, 1.54) is 42.3 Å². The summed E-state index contributed by atoms with van der Waals surface area (Å²) in [5.41, 5.74) is 7.81. The summed E-state index contributed by atoms with van der Waals surface area (Å²) in [5, 5.41) is 2.56. The summed E-state index contributed by atoms with van der Waals surface area (Å²) >= 11 is 0. The van der Waals surface area contributed by atoms with Crippen LogP contribution in [0.5, 0.6) is 0 Å². The molecule has 0 aliphatic carbocycles. The van der Waals surface area contributed by atoms with E-state index in [1.807, 2.05) is 0 Å². The zero-order valence-electron chi connectivity index (χ0n) is 13.7. The van der Waals surface area contributed by atoms with Crippen LogP contribution >= 0.6 is 0 Å². The van der Waals surface area contributed by atoms with Gasteiger partial charge >= 0.3 is 0 Å². The fourth-order valence-electron chi connectivity index (χ4n) is 3.57. The molecule has 0 spiro atoms. The number of hydrogen-bond acceptors (Lipinski definition) is 3. The Labute approximate surface area is 133 Å². The number of likely N-dealkylation sites (tertiary alicyclic amines) is 1. The molecule has 3 rings (SSSR count). The number of fused-ring (bicyclic) bond motifs is 1. The molecule has 3 nitrogen and oxygen atoms in total. The lowest BCUT2D eigenvalue weighted by Crippen LogP contribution is -2.44. The molecule has 0 bridgehead atoms. The van der Waals surface area contributed by atoms with Gasteiger partial charge in [0.05, 0.1) is 0 Å². The zero-order valence-corrected chi connectivity index (χ0v) is 13.7. The van der Waals surface area contributed by atoms with Gasteiger partial charge in [0, 0.05) is 18.6 Å². The van der Waals surface area contributed by atoms with Crippen molar-refractivity contribution in [3.63, 3.8) is 0 Å². The highest BCUT2D eigenvalue weighted by atomic mass is 15.2. The molecule has 0 saturated carbocycles. The number of likely N-dealkylation sites (N-methyl/N-ethyl adjacent to an activating group) is 1. The quantitative estimate of drug-likeness (QED) is 0.942. The Morgan fingerprint density at radius 2 is 1.82 bits per heavy atom. The highest BCUT2D eigenvalue weighted by molar-refractivity contribution is 5.86. The van der Waals surface area contributed by atoms with Crippen LogP contribution in [-0.2, 0) is 0 Å². The monoisotopic (exact) mass is 297 g/mol. The standard InChI is InChI=1S/C19H27N3/c1-21-12-10-16(11-13-21)22(2)14-19(20)18-9-5-7-15-6-3-4-8-17(15)18/h3-9,16,19H,10-14,20H2,1-2H3. The molecular weight excluding hydrogens is 270 g/mol. The summed E-state index contributed by atoms with van der Waals surface area (Å²) in [6.45, 7) is 3.30. The molecule has 1 aliphatic rings. The Balaban J connectivity index is 1.72. The van der Waals surface area contributed by atoms with E-state index < -0.39 is 0 Å². The van der Waals surface area contributed by atoms with Gasteiger partial charge in [0.1, 0.15) is 0 Å². The van der Waals surface area contributed by atoms with Gasteiger partial charge < -0.3 is 15.5 Å². The Bertz CT molecular complexity index is 612. The van der Waals surface area contributed by atoms with Crippen molar-refractivity contribution in [3.05, 3.63) is 48.0 Å². The van der Waals surface area contributed by atoms with E-state index in [-0.39, 0.29) is 6.04 Å². The number of rotatable bonds is 4. The number of nitrogens with two attached hydrogens (primary N) is 1. The van der Waals surface area contributed by atoms with E-state index in [0.29, 0.717) is 6.04 Å². The number of nitrogens with zero attached hydrogens (tertiary/aromatic N) is 2. The first-order chi connectivity index (χ1) is 10.6. The highest BCUT2D eigenvalue weighted by Crippen LogP contribution is 2.24. The van der Waals surface area contributed by atoms with E-state index in [9.17, 15) is 0 Å². The third-order valence-electron chi connectivity index (χ3n) is 5.02. The van der Waals surface area contributed by atoms with Gasteiger partial charge in [0.25, 0.3) is 0 Å². The second-order valence-electron chi connectivity index (χ2n) is 6.65. The Kier molecular flexibility index (Phi) is 4.77. The van der Waals surface area contributed by atoms with Gasteiger partial charge in [-0.15, -0.1) is 0 Å². The molecule has 118 valence electrons. The molecule has 1 atom stereocenters. The van der Waals surface area contributed by atoms with Gasteiger partial charge in [-0.25, -0.2) is 0 Å². The average molecular weight is 297 g/mol. The maximum absolute atomic E-state index is 6.54. The first-order valence-electron chi connectivity index (χ1n) is 8.27. The molecule has 1 saturated heterocycles. The predicted molar refractivity (Wildman–Crippen MR) is 94.0 cm³/mol. The average Bonchev–Trinajstić information content (AvgIpc) is 2.54. The third-order valence-corrected chi connectivity index (χ3v) is 5.02. The Morgan fingerprint density at radius 3 is 2.59 bits per heavy atom. The van der Waals surface area contributed by atoms with Crippen LogP contribution < -0.4 is 5.73 Å².